The van der Waals surface area contributed by atoms with Crippen molar-refractivity contribution in [1.29, 1.82) is 0 Å². The summed E-state index contributed by atoms with van der Waals surface area (Å²) < 4.78 is 0.717. The summed E-state index contributed by atoms with van der Waals surface area (Å²) in [5, 5.41) is 12.7. The first kappa shape index (κ1) is 12.6. The van der Waals surface area contributed by atoms with Crippen LogP contribution in [0.15, 0.2) is 22.9 Å². The molecule has 0 aromatic carbocycles. The van der Waals surface area contributed by atoms with Gasteiger partial charge in [0.05, 0.1) is 5.56 Å². The lowest BCUT2D eigenvalue weighted by Crippen LogP contribution is -2.27. The number of carbonyl (C=O) groups excluding carboxylic acids is 2. The summed E-state index contributed by atoms with van der Waals surface area (Å²) in [4.78, 5) is 25.5. The Kier molecular flexibility index (Phi) is 4.91. The molecule has 86 valence electrons. The van der Waals surface area contributed by atoms with Gasteiger partial charge in [-0.3, -0.25) is 9.78 Å². The van der Waals surface area contributed by atoms with Crippen LogP contribution in [0, 0.1) is 0 Å². The number of aromatic nitrogens is 1. The van der Waals surface area contributed by atoms with E-state index in [0.717, 1.165) is 4.47 Å². The molecular weight excluding hydrogens is 276 g/mol. The number of nitrogens with one attached hydrogen (secondary N) is 1. The van der Waals surface area contributed by atoms with Gasteiger partial charge in [0.15, 0.2) is 0 Å². The maximum Gasteiger partial charge on any atom is 0.252 e. The van der Waals surface area contributed by atoms with E-state index < -0.39 is 5.97 Å². The molecule has 0 radical (unpaired) electrons. The van der Waals surface area contributed by atoms with E-state index in [2.05, 4.69) is 26.2 Å². The van der Waals surface area contributed by atoms with Gasteiger partial charge in [-0.15, -0.1) is 0 Å². The quantitative estimate of drug-likeness (QED) is 0.778. The molecule has 0 aliphatic carbocycles. The Morgan fingerprint density at radius 3 is 2.81 bits per heavy atom. The third-order valence-corrected chi connectivity index (χ3v) is 2.24. The second kappa shape index (κ2) is 6.22. The van der Waals surface area contributed by atoms with Crippen LogP contribution < -0.4 is 10.4 Å². The SMILES string of the molecule is O=C([O-])CCCNC(=O)c1cncc(Br)c1. The molecule has 6 heteroatoms. The Balaban J connectivity index is 2.38. The molecule has 0 unspecified atom stereocenters. The average molecular weight is 286 g/mol. The molecule has 16 heavy (non-hydrogen) atoms. The number of hydrogen-bond acceptors (Lipinski definition) is 4. The van der Waals surface area contributed by atoms with Crippen molar-refractivity contribution in [3.63, 3.8) is 0 Å². The van der Waals surface area contributed by atoms with Crippen molar-refractivity contribution in [1.82, 2.24) is 10.3 Å². The Labute approximate surface area is 101 Å². The van der Waals surface area contributed by atoms with E-state index in [0.29, 0.717) is 18.5 Å². The highest BCUT2D eigenvalue weighted by atomic mass is 79.9. The molecule has 1 aromatic heterocycles. The zero-order chi connectivity index (χ0) is 12.0. The van der Waals surface area contributed by atoms with Crippen LogP contribution in [0.4, 0.5) is 0 Å². The van der Waals surface area contributed by atoms with Crippen molar-refractivity contribution < 1.29 is 14.7 Å². The van der Waals surface area contributed by atoms with E-state index in [-0.39, 0.29) is 12.3 Å². The highest BCUT2D eigenvalue weighted by Crippen LogP contribution is 2.09. The van der Waals surface area contributed by atoms with Gasteiger partial charge in [-0.2, -0.15) is 0 Å². The van der Waals surface area contributed by atoms with E-state index in [1.54, 1.807) is 12.3 Å². The van der Waals surface area contributed by atoms with Crippen LogP contribution in [0.1, 0.15) is 23.2 Å². The highest BCUT2D eigenvalue weighted by Gasteiger charge is 2.05. The van der Waals surface area contributed by atoms with E-state index >= 15 is 0 Å². The first-order valence-corrected chi connectivity index (χ1v) is 5.47. The van der Waals surface area contributed by atoms with Crippen molar-refractivity contribution in [2.24, 2.45) is 0 Å². The molecule has 1 heterocycles. The molecule has 0 atom stereocenters. The lowest BCUT2D eigenvalue weighted by Gasteiger charge is -2.05. The highest BCUT2D eigenvalue weighted by molar-refractivity contribution is 9.10. The second-order valence-electron chi connectivity index (χ2n) is 3.12. The Bertz CT molecular complexity index is 395. The molecule has 0 bridgehead atoms. The molecule has 1 N–H and O–H groups in total. The lowest BCUT2D eigenvalue weighted by molar-refractivity contribution is -0.305. The van der Waals surface area contributed by atoms with Crippen molar-refractivity contribution >= 4 is 27.8 Å². The third kappa shape index (κ3) is 4.39. The fourth-order valence-corrected chi connectivity index (χ4v) is 1.44. The summed E-state index contributed by atoms with van der Waals surface area (Å²) in [6.07, 6.45) is 3.32. The lowest BCUT2D eigenvalue weighted by atomic mass is 10.2. The van der Waals surface area contributed by atoms with Gasteiger partial charge in [0, 0.05) is 29.4 Å². The van der Waals surface area contributed by atoms with Crippen LogP contribution in [0.5, 0.6) is 0 Å². The molecule has 0 saturated carbocycles. The zero-order valence-electron chi connectivity index (χ0n) is 8.40. The Hall–Kier alpha value is -1.43. The minimum absolute atomic E-state index is 0.0585. The van der Waals surface area contributed by atoms with Crippen molar-refractivity contribution in [2.45, 2.75) is 12.8 Å². The van der Waals surface area contributed by atoms with Gasteiger partial charge in [-0.1, -0.05) is 0 Å². The first-order chi connectivity index (χ1) is 7.59. The van der Waals surface area contributed by atoms with Gasteiger partial charge in [-0.05, 0) is 34.8 Å². The maximum atomic E-state index is 11.5. The van der Waals surface area contributed by atoms with E-state index in [4.69, 9.17) is 0 Å². The molecule has 5 nitrogen and oxygen atoms in total. The molecule has 0 saturated heterocycles. The van der Waals surface area contributed by atoms with Crippen LogP contribution >= 0.6 is 15.9 Å². The number of hydrogen-bond donors (Lipinski definition) is 1. The molecule has 0 fully saturated rings. The number of nitrogens with zero attached hydrogens (tertiary/aromatic N) is 1. The third-order valence-electron chi connectivity index (χ3n) is 1.81. The van der Waals surface area contributed by atoms with Gasteiger partial charge in [0.2, 0.25) is 0 Å². The van der Waals surface area contributed by atoms with Crippen LogP contribution in [0.3, 0.4) is 0 Å². The van der Waals surface area contributed by atoms with Gasteiger partial charge in [-0.25, -0.2) is 0 Å². The van der Waals surface area contributed by atoms with Gasteiger partial charge < -0.3 is 15.2 Å². The van der Waals surface area contributed by atoms with E-state index in [1.807, 2.05) is 0 Å². The maximum absolute atomic E-state index is 11.5. The van der Waals surface area contributed by atoms with Gasteiger partial charge in [0.25, 0.3) is 5.91 Å². The van der Waals surface area contributed by atoms with Crippen LogP contribution in [0.2, 0.25) is 0 Å². The smallest absolute Gasteiger partial charge is 0.252 e. The summed E-state index contributed by atoms with van der Waals surface area (Å²) in [6.45, 7) is 0.305. The summed E-state index contributed by atoms with van der Waals surface area (Å²) >= 11 is 3.20. The number of carboxylic acids is 1. The van der Waals surface area contributed by atoms with Gasteiger partial charge >= 0.3 is 0 Å². The molecular formula is C10H10BrN2O3-. The Morgan fingerprint density at radius 1 is 1.44 bits per heavy atom. The molecule has 0 spiro atoms. The number of pyridine rings is 1. The van der Waals surface area contributed by atoms with Crippen molar-refractivity contribution in [2.75, 3.05) is 6.54 Å². The fourth-order valence-electron chi connectivity index (χ4n) is 1.07. The number of rotatable bonds is 5. The van der Waals surface area contributed by atoms with Gasteiger partial charge in [0.1, 0.15) is 0 Å². The number of halogens is 1. The summed E-state index contributed by atoms with van der Waals surface area (Å²) in [7, 11) is 0. The standard InChI is InChI=1S/C10H11BrN2O3/c11-8-4-7(5-12-6-8)10(16)13-3-1-2-9(14)15/h4-6H,1-3H2,(H,13,16)(H,14,15)/p-1. The monoisotopic (exact) mass is 285 g/mol. The predicted octanol–water partition coefficient (Wildman–Crippen LogP) is 0.104. The minimum Gasteiger partial charge on any atom is -0.550 e. The second-order valence-corrected chi connectivity index (χ2v) is 4.04. The van der Waals surface area contributed by atoms with E-state index in [9.17, 15) is 14.7 Å². The average Bonchev–Trinajstić information content (AvgIpc) is 2.24. The summed E-state index contributed by atoms with van der Waals surface area (Å²) in [5.74, 6) is -1.38. The predicted molar refractivity (Wildman–Crippen MR) is 58.5 cm³/mol. The largest absolute Gasteiger partial charge is 0.550 e. The summed E-state index contributed by atoms with van der Waals surface area (Å²) in [6, 6.07) is 1.64. The molecule has 1 aromatic rings. The van der Waals surface area contributed by atoms with Crippen LogP contribution in [0.25, 0.3) is 0 Å². The van der Waals surface area contributed by atoms with Crippen molar-refractivity contribution in [3.8, 4) is 0 Å². The summed E-state index contributed by atoms with van der Waals surface area (Å²) in [5.41, 5.74) is 0.433. The molecule has 1 rings (SSSR count). The molecule has 0 aliphatic rings. The fraction of sp³-hybridized carbons (Fsp3) is 0.300. The number of amides is 1. The van der Waals surface area contributed by atoms with Crippen LogP contribution in [-0.4, -0.2) is 23.4 Å². The first-order valence-electron chi connectivity index (χ1n) is 4.68. The normalized spacial score (nSPS) is 9.81. The topological polar surface area (TPSA) is 82.1 Å². The van der Waals surface area contributed by atoms with Crippen LogP contribution in [-0.2, 0) is 4.79 Å². The minimum atomic E-state index is -1.11. The zero-order valence-corrected chi connectivity index (χ0v) is 9.99. The number of carbonyl (C=O) groups is 2. The van der Waals surface area contributed by atoms with Crippen molar-refractivity contribution in [3.05, 3.63) is 28.5 Å². The Morgan fingerprint density at radius 2 is 2.19 bits per heavy atom. The van der Waals surface area contributed by atoms with E-state index in [1.165, 1.54) is 6.20 Å². The number of carboxylic acid groups (broad SMARTS) is 1. The molecule has 1 amide bonds. The molecule has 0 aliphatic heterocycles. The number of aliphatic carboxylic acids is 1.